The van der Waals surface area contributed by atoms with Gasteiger partial charge in [-0.1, -0.05) is 24.3 Å². The van der Waals surface area contributed by atoms with E-state index in [2.05, 4.69) is 16.3 Å². The van der Waals surface area contributed by atoms with E-state index in [-0.39, 0.29) is 17.8 Å². The number of nitrogens with one attached hydrogen (secondary N) is 1. The molecule has 0 atom stereocenters. The van der Waals surface area contributed by atoms with Gasteiger partial charge in [-0.25, -0.2) is 4.39 Å². The van der Waals surface area contributed by atoms with Crippen LogP contribution in [-0.4, -0.2) is 29.9 Å². The third-order valence-corrected chi connectivity index (χ3v) is 4.72. The molecule has 0 radical (unpaired) electrons. The molecule has 138 valence electrons. The summed E-state index contributed by atoms with van der Waals surface area (Å²) >= 11 is 0. The molecule has 1 N–H and O–H groups in total. The summed E-state index contributed by atoms with van der Waals surface area (Å²) in [6.45, 7) is 2.61. The molecule has 4 nitrogen and oxygen atoms in total. The third kappa shape index (κ3) is 5.77. The van der Waals surface area contributed by atoms with Crippen LogP contribution in [-0.2, 0) is 11.3 Å². The van der Waals surface area contributed by atoms with Crippen molar-refractivity contribution in [3.63, 3.8) is 0 Å². The average Bonchev–Trinajstić information content (AvgIpc) is 2.70. The monoisotopic (exact) mass is 363 g/mol. The number of hydrogen-bond donors (Lipinski definition) is 1. The number of carbonyl (C=O) groups excluding carboxylic acids is 1. The number of piperidine rings is 1. The Bertz CT molecular complexity index is 829. The largest absolute Gasteiger partial charge is 0.350 e. The molecule has 0 bridgehead atoms. The van der Waals surface area contributed by atoms with Gasteiger partial charge in [-0.05, 0) is 54.3 Å². The van der Waals surface area contributed by atoms with Gasteiger partial charge in [0.25, 0.3) is 0 Å². The molecule has 2 aromatic carbocycles. The first-order valence-corrected chi connectivity index (χ1v) is 9.08. The quantitative estimate of drug-likeness (QED) is 0.828. The van der Waals surface area contributed by atoms with Crippen molar-refractivity contribution in [2.24, 2.45) is 0 Å². The first-order chi connectivity index (χ1) is 13.1. The van der Waals surface area contributed by atoms with Crippen molar-refractivity contribution in [3.05, 3.63) is 77.1 Å². The second-order valence-corrected chi connectivity index (χ2v) is 6.75. The van der Waals surface area contributed by atoms with Gasteiger partial charge in [-0.2, -0.15) is 5.26 Å². The van der Waals surface area contributed by atoms with Crippen LogP contribution in [0.2, 0.25) is 0 Å². The molecule has 27 heavy (non-hydrogen) atoms. The molecule has 3 rings (SSSR count). The highest BCUT2D eigenvalue weighted by Gasteiger charge is 2.20. The zero-order valence-corrected chi connectivity index (χ0v) is 15.1. The Balaban J connectivity index is 1.42. The van der Waals surface area contributed by atoms with Gasteiger partial charge in [0.2, 0.25) is 5.91 Å². The van der Waals surface area contributed by atoms with Gasteiger partial charge in [-0.15, -0.1) is 0 Å². The number of nitriles is 1. The Kier molecular flexibility index (Phi) is 6.35. The SMILES string of the molecule is N#Cc1ccc(/C=C\C(=O)NC2CCN(Cc3ccc(F)cc3)CC2)cc1. The van der Waals surface area contributed by atoms with Gasteiger partial charge < -0.3 is 5.32 Å². The van der Waals surface area contributed by atoms with E-state index in [1.54, 1.807) is 18.2 Å². The molecule has 1 saturated heterocycles. The fraction of sp³-hybridized carbons (Fsp3) is 0.273. The zero-order chi connectivity index (χ0) is 19.1. The molecular formula is C22H22FN3O. The molecule has 2 aromatic rings. The van der Waals surface area contributed by atoms with Crippen LogP contribution in [0.15, 0.2) is 54.6 Å². The van der Waals surface area contributed by atoms with E-state index in [9.17, 15) is 9.18 Å². The van der Waals surface area contributed by atoms with Gasteiger partial charge in [0.1, 0.15) is 5.82 Å². The fourth-order valence-corrected chi connectivity index (χ4v) is 3.17. The van der Waals surface area contributed by atoms with Crippen molar-refractivity contribution in [2.45, 2.75) is 25.4 Å². The third-order valence-electron chi connectivity index (χ3n) is 4.72. The molecule has 1 aliphatic rings. The number of halogens is 1. The molecule has 0 saturated carbocycles. The van der Waals surface area contributed by atoms with Crippen molar-refractivity contribution in [2.75, 3.05) is 13.1 Å². The summed E-state index contributed by atoms with van der Waals surface area (Å²) in [5, 5.41) is 11.8. The Morgan fingerprint density at radius 3 is 2.44 bits per heavy atom. The molecule has 1 fully saturated rings. The predicted octanol–water partition coefficient (Wildman–Crippen LogP) is 3.49. The van der Waals surface area contributed by atoms with Crippen LogP contribution in [0.1, 0.15) is 29.5 Å². The molecule has 1 heterocycles. The van der Waals surface area contributed by atoms with E-state index in [1.807, 2.05) is 24.3 Å². The summed E-state index contributed by atoms with van der Waals surface area (Å²) in [4.78, 5) is 14.4. The topological polar surface area (TPSA) is 56.1 Å². The van der Waals surface area contributed by atoms with E-state index in [1.165, 1.54) is 18.2 Å². The standard InChI is InChI=1S/C22H22FN3O/c23-20-8-5-19(6-9-20)16-26-13-11-21(12-14-26)25-22(27)10-7-17-1-3-18(15-24)4-2-17/h1-10,21H,11-14,16H2,(H,25,27)/b10-7-. The fourth-order valence-electron chi connectivity index (χ4n) is 3.17. The Morgan fingerprint density at radius 2 is 1.81 bits per heavy atom. The molecule has 0 unspecified atom stereocenters. The van der Waals surface area contributed by atoms with Crippen LogP contribution in [0.25, 0.3) is 6.08 Å². The smallest absolute Gasteiger partial charge is 0.244 e. The Morgan fingerprint density at radius 1 is 1.15 bits per heavy atom. The molecule has 1 aliphatic heterocycles. The van der Waals surface area contributed by atoms with E-state index >= 15 is 0 Å². The summed E-state index contributed by atoms with van der Waals surface area (Å²) in [5.41, 5.74) is 2.59. The summed E-state index contributed by atoms with van der Waals surface area (Å²) in [7, 11) is 0. The maximum atomic E-state index is 13.0. The van der Waals surface area contributed by atoms with E-state index in [4.69, 9.17) is 5.26 Å². The van der Waals surface area contributed by atoms with Crippen LogP contribution >= 0.6 is 0 Å². The lowest BCUT2D eigenvalue weighted by Gasteiger charge is -2.32. The van der Waals surface area contributed by atoms with Crippen molar-refractivity contribution in [1.82, 2.24) is 10.2 Å². The molecule has 0 aromatic heterocycles. The Hall–Kier alpha value is -2.97. The minimum absolute atomic E-state index is 0.101. The van der Waals surface area contributed by atoms with Gasteiger partial charge in [0.05, 0.1) is 11.6 Å². The van der Waals surface area contributed by atoms with Crippen LogP contribution in [0.3, 0.4) is 0 Å². The first-order valence-electron chi connectivity index (χ1n) is 9.08. The highest BCUT2D eigenvalue weighted by Crippen LogP contribution is 2.14. The van der Waals surface area contributed by atoms with Gasteiger partial charge in [0.15, 0.2) is 0 Å². The van der Waals surface area contributed by atoms with Crippen molar-refractivity contribution >= 4 is 12.0 Å². The second-order valence-electron chi connectivity index (χ2n) is 6.75. The number of hydrogen-bond acceptors (Lipinski definition) is 3. The zero-order valence-electron chi connectivity index (χ0n) is 15.1. The van der Waals surface area contributed by atoms with Crippen LogP contribution in [0.4, 0.5) is 4.39 Å². The lowest BCUT2D eigenvalue weighted by atomic mass is 10.0. The molecule has 1 amide bonds. The van der Waals surface area contributed by atoms with Gasteiger partial charge in [-0.3, -0.25) is 9.69 Å². The Labute approximate surface area is 158 Å². The summed E-state index contributed by atoms with van der Waals surface area (Å²) in [6.07, 6.45) is 5.09. The van der Waals surface area contributed by atoms with Crippen LogP contribution in [0.5, 0.6) is 0 Å². The van der Waals surface area contributed by atoms with Crippen molar-refractivity contribution in [3.8, 4) is 6.07 Å². The second kappa shape index (κ2) is 9.11. The average molecular weight is 363 g/mol. The molecule has 0 aliphatic carbocycles. The molecule has 0 spiro atoms. The molecule has 5 heteroatoms. The van der Waals surface area contributed by atoms with E-state index < -0.39 is 0 Å². The van der Waals surface area contributed by atoms with Crippen molar-refractivity contribution < 1.29 is 9.18 Å². The lowest BCUT2D eigenvalue weighted by molar-refractivity contribution is -0.117. The number of amides is 1. The minimum Gasteiger partial charge on any atom is -0.350 e. The molecular weight excluding hydrogens is 341 g/mol. The van der Waals surface area contributed by atoms with E-state index in [0.29, 0.717) is 5.56 Å². The number of benzene rings is 2. The van der Waals surface area contributed by atoms with E-state index in [0.717, 1.165) is 43.6 Å². The number of rotatable bonds is 5. The van der Waals surface area contributed by atoms with Crippen LogP contribution in [0, 0.1) is 17.1 Å². The normalized spacial score (nSPS) is 15.6. The number of carbonyl (C=O) groups is 1. The first kappa shape index (κ1) is 18.8. The predicted molar refractivity (Wildman–Crippen MR) is 103 cm³/mol. The van der Waals surface area contributed by atoms with Gasteiger partial charge in [0, 0.05) is 31.8 Å². The van der Waals surface area contributed by atoms with Crippen LogP contribution < -0.4 is 5.32 Å². The summed E-state index contributed by atoms with van der Waals surface area (Å²) in [5.74, 6) is -0.314. The lowest BCUT2D eigenvalue weighted by Crippen LogP contribution is -2.43. The summed E-state index contributed by atoms with van der Waals surface area (Å²) < 4.78 is 13.0. The maximum absolute atomic E-state index is 13.0. The summed E-state index contributed by atoms with van der Waals surface area (Å²) in [6, 6.07) is 15.9. The van der Waals surface area contributed by atoms with Gasteiger partial charge >= 0.3 is 0 Å². The highest BCUT2D eigenvalue weighted by atomic mass is 19.1. The number of nitrogens with zero attached hydrogens (tertiary/aromatic N) is 2. The highest BCUT2D eigenvalue weighted by molar-refractivity contribution is 5.91. The van der Waals surface area contributed by atoms with Crippen molar-refractivity contribution in [1.29, 1.82) is 5.26 Å². The minimum atomic E-state index is -0.214. The maximum Gasteiger partial charge on any atom is 0.244 e. The number of likely N-dealkylation sites (tertiary alicyclic amines) is 1.